The lowest BCUT2D eigenvalue weighted by Crippen LogP contribution is -2.13. The average molecular weight is 557 g/mol. The van der Waals surface area contributed by atoms with E-state index in [9.17, 15) is 5.11 Å². The van der Waals surface area contributed by atoms with Gasteiger partial charge < -0.3 is 9.67 Å². The Morgan fingerprint density at radius 3 is 2.29 bits per heavy atom. The van der Waals surface area contributed by atoms with Gasteiger partial charge in [-0.1, -0.05) is 98.1 Å². The Kier molecular flexibility index (Phi) is 7.13. The van der Waals surface area contributed by atoms with Crippen molar-refractivity contribution >= 4 is 11.0 Å². The zero-order valence-electron chi connectivity index (χ0n) is 23.3. The molecule has 42 heavy (non-hydrogen) atoms. The van der Waals surface area contributed by atoms with E-state index < -0.39 is 0 Å². The van der Waals surface area contributed by atoms with Gasteiger partial charge in [-0.05, 0) is 58.4 Å². The Hall–Kier alpha value is -4.92. The van der Waals surface area contributed by atoms with Gasteiger partial charge in [-0.2, -0.15) is 0 Å². The summed E-state index contributed by atoms with van der Waals surface area (Å²) in [6, 6.07) is 27.0. The lowest BCUT2D eigenvalue weighted by atomic mass is 9.88. The van der Waals surface area contributed by atoms with E-state index >= 15 is 0 Å². The number of aromatic hydroxyl groups is 1. The van der Waals surface area contributed by atoms with Crippen LogP contribution in [0.5, 0.6) is 5.88 Å². The zero-order chi connectivity index (χ0) is 28.3. The van der Waals surface area contributed by atoms with Crippen molar-refractivity contribution in [3.8, 4) is 28.4 Å². The van der Waals surface area contributed by atoms with Crippen molar-refractivity contribution in [1.29, 1.82) is 0 Å². The van der Waals surface area contributed by atoms with Crippen LogP contribution in [-0.2, 0) is 19.4 Å². The first-order chi connectivity index (χ1) is 20.7. The van der Waals surface area contributed by atoms with Gasteiger partial charge in [0, 0.05) is 18.0 Å². The molecule has 6 aromatic rings. The summed E-state index contributed by atoms with van der Waals surface area (Å²) in [5.41, 5.74) is 7.72. The standard InChI is InChI=1S/C33H32N8O/c42-33-30-29(28(35-38-33)20-17-22-9-3-1-4-10-22)34-32(25-11-5-2-6-12-25)41(30)21-23-15-18-24(19-16-23)26-13-7-8-14-27(26)31-36-39-40-37-31/h1,3-4,7-10,13-16,18-19,25H,2,5-6,11-12,17,20-21H2,(H,38,42)(H,36,37,39,40). The molecule has 0 unspecified atom stereocenters. The summed E-state index contributed by atoms with van der Waals surface area (Å²) in [6.45, 7) is 0.591. The summed E-state index contributed by atoms with van der Waals surface area (Å²) in [4.78, 5) is 5.19. The van der Waals surface area contributed by atoms with Crippen LogP contribution >= 0.6 is 0 Å². The SMILES string of the molecule is Oc1nnc(CCc2ccccc2)c2nc(C3CCCCC3)n(Cc3ccc(-c4ccccc4-c4nnn[nH]4)cc3)c12. The first kappa shape index (κ1) is 26.0. The number of hydrogen-bond donors (Lipinski definition) is 2. The van der Waals surface area contributed by atoms with Crippen LogP contribution in [0, 0.1) is 0 Å². The van der Waals surface area contributed by atoms with Crippen molar-refractivity contribution in [2.24, 2.45) is 0 Å². The normalized spacial score (nSPS) is 14.0. The quantitative estimate of drug-likeness (QED) is 0.227. The van der Waals surface area contributed by atoms with Gasteiger partial charge in [0.1, 0.15) is 16.9 Å². The summed E-state index contributed by atoms with van der Waals surface area (Å²) in [6.07, 6.45) is 7.43. The van der Waals surface area contributed by atoms with Gasteiger partial charge in [-0.3, -0.25) is 0 Å². The molecule has 2 N–H and O–H groups in total. The molecule has 0 radical (unpaired) electrons. The number of imidazole rings is 1. The first-order valence-corrected chi connectivity index (χ1v) is 14.7. The van der Waals surface area contributed by atoms with Gasteiger partial charge in [0.15, 0.2) is 5.82 Å². The molecular weight excluding hydrogens is 524 g/mol. The number of aromatic amines is 1. The number of nitrogens with zero attached hydrogens (tertiary/aromatic N) is 7. The van der Waals surface area contributed by atoms with Crippen molar-refractivity contribution in [3.63, 3.8) is 0 Å². The minimum atomic E-state index is -0.0609. The van der Waals surface area contributed by atoms with Gasteiger partial charge >= 0.3 is 0 Å². The summed E-state index contributed by atoms with van der Waals surface area (Å²) in [5.74, 6) is 1.96. The van der Waals surface area contributed by atoms with Crippen molar-refractivity contribution in [3.05, 3.63) is 102 Å². The van der Waals surface area contributed by atoms with E-state index in [0.29, 0.717) is 30.2 Å². The third kappa shape index (κ3) is 5.13. The summed E-state index contributed by atoms with van der Waals surface area (Å²) in [5, 5.41) is 34.1. The molecule has 1 aliphatic carbocycles. The van der Waals surface area contributed by atoms with E-state index in [1.807, 2.05) is 24.3 Å². The van der Waals surface area contributed by atoms with E-state index in [2.05, 4.69) is 90.0 Å². The molecule has 3 aromatic heterocycles. The van der Waals surface area contributed by atoms with Crippen LogP contribution in [0.25, 0.3) is 33.5 Å². The molecule has 7 rings (SSSR count). The molecule has 0 amide bonds. The third-order valence-corrected chi connectivity index (χ3v) is 8.34. The molecule has 1 saturated carbocycles. The fourth-order valence-corrected chi connectivity index (χ4v) is 6.20. The van der Waals surface area contributed by atoms with Crippen molar-refractivity contribution in [1.82, 2.24) is 40.4 Å². The fourth-order valence-electron chi connectivity index (χ4n) is 6.20. The number of H-pyrrole nitrogens is 1. The molecule has 9 nitrogen and oxygen atoms in total. The highest BCUT2D eigenvalue weighted by Gasteiger charge is 2.26. The van der Waals surface area contributed by atoms with Crippen molar-refractivity contribution < 1.29 is 5.11 Å². The monoisotopic (exact) mass is 556 g/mol. The van der Waals surface area contributed by atoms with Crippen LogP contribution in [0.4, 0.5) is 0 Å². The number of aryl methyl sites for hydroxylation is 2. The van der Waals surface area contributed by atoms with Gasteiger partial charge in [0.05, 0.1) is 5.69 Å². The second kappa shape index (κ2) is 11.5. The van der Waals surface area contributed by atoms with Crippen LogP contribution < -0.4 is 0 Å². The van der Waals surface area contributed by atoms with Gasteiger partial charge in [0.25, 0.3) is 5.88 Å². The number of rotatable bonds is 8. The van der Waals surface area contributed by atoms with Crippen LogP contribution in [-0.4, -0.2) is 45.5 Å². The Morgan fingerprint density at radius 2 is 1.52 bits per heavy atom. The maximum absolute atomic E-state index is 11.0. The zero-order valence-corrected chi connectivity index (χ0v) is 23.3. The molecule has 0 spiro atoms. The molecule has 0 bridgehead atoms. The van der Waals surface area contributed by atoms with Gasteiger partial charge in [0.2, 0.25) is 0 Å². The largest absolute Gasteiger partial charge is 0.491 e. The summed E-state index contributed by atoms with van der Waals surface area (Å²) >= 11 is 0. The van der Waals surface area contributed by atoms with Crippen molar-refractivity contribution in [2.45, 2.75) is 57.4 Å². The highest BCUT2D eigenvalue weighted by atomic mass is 16.3. The number of nitrogens with one attached hydrogen (secondary N) is 1. The summed E-state index contributed by atoms with van der Waals surface area (Å²) in [7, 11) is 0. The van der Waals surface area contributed by atoms with Crippen LogP contribution in [0.2, 0.25) is 0 Å². The number of hydrogen-bond acceptors (Lipinski definition) is 7. The van der Waals surface area contributed by atoms with E-state index in [4.69, 9.17) is 4.98 Å². The third-order valence-electron chi connectivity index (χ3n) is 8.34. The van der Waals surface area contributed by atoms with E-state index in [0.717, 1.165) is 58.6 Å². The molecule has 9 heteroatoms. The number of fused-ring (bicyclic) bond motifs is 1. The Balaban J connectivity index is 1.24. The van der Waals surface area contributed by atoms with E-state index in [1.165, 1.54) is 24.8 Å². The minimum absolute atomic E-state index is 0.0609. The van der Waals surface area contributed by atoms with Crippen LogP contribution in [0.1, 0.15) is 60.7 Å². The molecule has 3 aromatic carbocycles. The lowest BCUT2D eigenvalue weighted by molar-refractivity contribution is 0.417. The Bertz CT molecular complexity index is 1790. The minimum Gasteiger partial charge on any atom is -0.491 e. The highest BCUT2D eigenvalue weighted by Crippen LogP contribution is 2.37. The second-order valence-corrected chi connectivity index (χ2v) is 11.0. The average Bonchev–Trinajstić information content (AvgIpc) is 3.72. The molecule has 1 fully saturated rings. The van der Waals surface area contributed by atoms with E-state index in [-0.39, 0.29) is 5.88 Å². The molecule has 3 heterocycles. The molecule has 210 valence electrons. The smallest absolute Gasteiger partial charge is 0.257 e. The molecule has 0 aliphatic heterocycles. The lowest BCUT2D eigenvalue weighted by Gasteiger charge is -2.22. The number of tetrazole rings is 1. The number of benzene rings is 3. The van der Waals surface area contributed by atoms with Gasteiger partial charge in [-0.25, -0.2) is 10.1 Å². The molecule has 0 atom stereocenters. The molecule has 0 saturated heterocycles. The molecular formula is C33H32N8O. The first-order valence-electron chi connectivity index (χ1n) is 14.7. The Labute approximate surface area is 243 Å². The second-order valence-electron chi connectivity index (χ2n) is 11.0. The Morgan fingerprint density at radius 1 is 0.762 bits per heavy atom. The highest BCUT2D eigenvalue weighted by molar-refractivity contribution is 5.83. The maximum Gasteiger partial charge on any atom is 0.257 e. The summed E-state index contributed by atoms with van der Waals surface area (Å²) < 4.78 is 2.19. The van der Waals surface area contributed by atoms with Crippen LogP contribution in [0.3, 0.4) is 0 Å². The number of aromatic nitrogens is 8. The topological polar surface area (TPSA) is 118 Å². The predicted octanol–water partition coefficient (Wildman–Crippen LogP) is 6.26. The van der Waals surface area contributed by atoms with Gasteiger partial charge in [-0.15, -0.1) is 15.3 Å². The van der Waals surface area contributed by atoms with Crippen LogP contribution in [0.15, 0.2) is 78.9 Å². The fraction of sp³-hybridized carbons (Fsp3) is 0.273. The van der Waals surface area contributed by atoms with E-state index in [1.54, 1.807) is 0 Å². The van der Waals surface area contributed by atoms with Crippen molar-refractivity contribution in [2.75, 3.05) is 0 Å². The molecule has 1 aliphatic rings. The predicted molar refractivity (Wildman–Crippen MR) is 161 cm³/mol. The maximum atomic E-state index is 11.0.